The van der Waals surface area contributed by atoms with Crippen LogP contribution in [0.3, 0.4) is 0 Å². The summed E-state index contributed by atoms with van der Waals surface area (Å²) in [7, 11) is 0. The molecule has 1 aliphatic rings. The second-order valence-corrected chi connectivity index (χ2v) is 9.64. The maximum atomic E-state index is 12.8. The lowest BCUT2D eigenvalue weighted by Crippen LogP contribution is -2.34. The third-order valence-electron chi connectivity index (χ3n) is 5.56. The van der Waals surface area contributed by atoms with Gasteiger partial charge in [0.1, 0.15) is 10.9 Å². The van der Waals surface area contributed by atoms with E-state index in [2.05, 4.69) is 46.8 Å². The van der Waals surface area contributed by atoms with Gasteiger partial charge in [-0.25, -0.2) is 4.98 Å². The summed E-state index contributed by atoms with van der Waals surface area (Å²) < 4.78 is 2.41. The van der Waals surface area contributed by atoms with E-state index >= 15 is 0 Å². The Bertz CT molecular complexity index is 1320. The van der Waals surface area contributed by atoms with Gasteiger partial charge in [0.15, 0.2) is 10.9 Å². The summed E-state index contributed by atoms with van der Waals surface area (Å²) in [6.45, 7) is 3.47. The van der Waals surface area contributed by atoms with Crippen molar-refractivity contribution in [2.75, 3.05) is 23.7 Å². The molecule has 4 heterocycles. The number of hydrogen-bond donors (Lipinski definition) is 3. The molecular weight excluding hydrogens is 508 g/mol. The fourth-order valence-corrected chi connectivity index (χ4v) is 4.94. The van der Waals surface area contributed by atoms with Crippen LogP contribution in [0.15, 0.2) is 41.3 Å². The number of halogens is 1. The van der Waals surface area contributed by atoms with Crippen LogP contribution in [0.4, 0.5) is 16.6 Å². The molecule has 2 amide bonds. The molecule has 1 aliphatic heterocycles. The smallest absolute Gasteiger partial charge is 0.267 e. The van der Waals surface area contributed by atoms with E-state index in [1.165, 1.54) is 17.5 Å². The number of nitrogens with one attached hydrogen (secondary N) is 3. The van der Waals surface area contributed by atoms with Crippen LogP contribution in [0.2, 0.25) is 0 Å². The van der Waals surface area contributed by atoms with E-state index in [1.807, 2.05) is 24.0 Å². The van der Waals surface area contributed by atoms with Gasteiger partial charge in [-0.05, 0) is 47.8 Å². The van der Waals surface area contributed by atoms with Crippen molar-refractivity contribution in [1.82, 2.24) is 29.9 Å². The Hall–Kier alpha value is -3.25. The van der Waals surface area contributed by atoms with Gasteiger partial charge in [-0.1, -0.05) is 11.3 Å². The number of H-pyrrole nitrogens is 1. The highest BCUT2D eigenvalue weighted by atomic mass is 79.9. The van der Waals surface area contributed by atoms with Gasteiger partial charge >= 0.3 is 0 Å². The summed E-state index contributed by atoms with van der Waals surface area (Å²) in [6, 6.07) is 5.14. The quantitative estimate of drug-likeness (QED) is 0.345. The largest absolute Gasteiger partial charge is 0.341 e. The van der Waals surface area contributed by atoms with Crippen LogP contribution < -0.4 is 10.6 Å². The molecule has 1 fully saturated rings. The average molecular weight is 529 g/mol. The van der Waals surface area contributed by atoms with Gasteiger partial charge in [0.2, 0.25) is 5.91 Å². The normalized spacial score (nSPS) is 14.5. The molecule has 10 nitrogen and oxygen atoms in total. The molecule has 0 saturated carbocycles. The number of rotatable bonds is 6. The first-order chi connectivity index (χ1) is 16.0. The topological polar surface area (TPSA) is 121 Å². The first-order valence-corrected chi connectivity index (χ1v) is 12.1. The lowest BCUT2D eigenvalue weighted by Gasteiger charge is -2.20. The van der Waals surface area contributed by atoms with E-state index < -0.39 is 0 Å². The van der Waals surface area contributed by atoms with Gasteiger partial charge in [-0.2, -0.15) is 10.2 Å². The number of likely N-dealkylation sites (tertiary alicyclic amines) is 1. The number of amides is 2. The highest BCUT2D eigenvalue weighted by Crippen LogP contribution is 2.31. The number of carbonyl (C=O) groups excluding carboxylic acids is 2. The molecule has 0 spiro atoms. The first-order valence-electron chi connectivity index (χ1n) is 10.5. The van der Waals surface area contributed by atoms with Crippen LogP contribution in [-0.4, -0.2) is 54.8 Å². The Balaban J connectivity index is 1.26. The lowest BCUT2D eigenvalue weighted by molar-refractivity contribution is -0.133. The highest BCUT2D eigenvalue weighted by molar-refractivity contribution is 9.10. The molecule has 33 heavy (non-hydrogen) atoms. The fourth-order valence-electron chi connectivity index (χ4n) is 3.77. The molecule has 12 heteroatoms. The van der Waals surface area contributed by atoms with Crippen molar-refractivity contribution < 1.29 is 9.59 Å². The van der Waals surface area contributed by atoms with Crippen molar-refractivity contribution in [3.8, 4) is 0 Å². The van der Waals surface area contributed by atoms with Gasteiger partial charge < -0.3 is 15.5 Å². The Labute approximate surface area is 201 Å². The Morgan fingerprint density at radius 1 is 1.21 bits per heavy atom. The molecule has 170 valence electrons. The number of carbonyl (C=O) groups is 2. The molecule has 3 aromatic heterocycles. The van der Waals surface area contributed by atoms with Crippen molar-refractivity contribution in [2.45, 2.75) is 25.8 Å². The van der Waals surface area contributed by atoms with E-state index in [4.69, 9.17) is 0 Å². The highest BCUT2D eigenvalue weighted by Gasteiger charge is 2.25. The van der Waals surface area contributed by atoms with Crippen LogP contribution in [0.5, 0.6) is 0 Å². The van der Waals surface area contributed by atoms with Crippen molar-refractivity contribution in [3.63, 3.8) is 0 Å². The number of aromatic amines is 1. The number of anilines is 3. The zero-order valence-electron chi connectivity index (χ0n) is 17.7. The van der Waals surface area contributed by atoms with Crippen LogP contribution in [-0.2, 0) is 4.79 Å². The Morgan fingerprint density at radius 3 is 2.85 bits per heavy atom. The lowest BCUT2D eigenvalue weighted by atomic mass is 10.2. The van der Waals surface area contributed by atoms with Crippen molar-refractivity contribution in [3.05, 3.63) is 46.1 Å². The summed E-state index contributed by atoms with van der Waals surface area (Å²) in [5.74, 6) is 0.364. The van der Waals surface area contributed by atoms with Crippen molar-refractivity contribution in [1.29, 1.82) is 0 Å². The zero-order chi connectivity index (χ0) is 22.9. The van der Waals surface area contributed by atoms with Gasteiger partial charge in [-0.15, -0.1) is 0 Å². The monoisotopic (exact) mass is 528 g/mol. The molecule has 0 bridgehead atoms. The number of fused-ring (bicyclic) bond motifs is 1. The number of thiazole rings is 1. The molecule has 3 N–H and O–H groups in total. The number of hydrogen-bond acceptors (Lipinski definition) is 7. The van der Waals surface area contributed by atoms with Gasteiger partial charge in [0, 0.05) is 35.2 Å². The Kier molecular flexibility index (Phi) is 5.85. The van der Waals surface area contributed by atoms with Crippen LogP contribution >= 0.6 is 27.3 Å². The summed E-state index contributed by atoms with van der Waals surface area (Å²) in [5, 5.41) is 18.8. The molecular formula is C21H21BrN8O2S. The van der Waals surface area contributed by atoms with Crippen LogP contribution in [0, 0.1) is 0 Å². The van der Waals surface area contributed by atoms with Gasteiger partial charge in [0.25, 0.3) is 5.91 Å². The summed E-state index contributed by atoms with van der Waals surface area (Å²) in [6.07, 6.45) is 7.06. The number of aromatic nitrogens is 5. The van der Waals surface area contributed by atoms with E-state index in [9.17, 15) is 9.59 Å². The van der Waals surface area contributed by atoms with Crippen LogP contribution in [0.25, 0.3) is 10.9 Å². The van der Waals surface area contributed by atoms with Gasteiger partial charge in [0.05, 0.1) is 23.6 Å². The molecule has 1 unspecified atom stereocenters. The number of benzene rings is 1. The molecule has 5 rings (SSSR count). The summed E-state index contributed by atoms with van der Waals surface area (Å²) >= 11 is 4.69. The predicted octanol–water partition coefficient (Wildman–Crippen LogP) is 4.16. The minimum absolute atomic E-state index is 0.0779. The molecule has 1 saturated heterocycles. The SMILES string of the molecule is CC(C(=O)N1CCCC1)n1ccc(Nc2ncc(C(=O)Nc3c(Br)ccc4[nH]ncc34)s2)n1. The molecule has 4 aromatic rings. The van der Waals surface area contributed by atoms with E-state index in [0.717, 1.165) is 41.3 Å². The number of nitrogens with zero attached hydrogens (tertiary/aromatic N) is 5. The van der Waals surface area contributed by atoms with E-state index in [0.29, 0.717) is 21.5 Å². The third kappa shape index (κ3) is 4.35. The molecule has 0 radical (unpaired) electrons. The first kappa shape index (κ1) is 21.6. The maximum Gasteiger partial charge on any atom is 0.267 e. The molecule has 1 aromatic carbocycles. The molecule has 0 aliphatic carbocycles. The maximum absolute atomic E-state index is 12.8. The van der Waals surface area contributed by atoms with Crippen molar-refractivity contribution in [2.24, 2.45) is 0 Å². The second-order valence-electron chi connectivity index (χ2n) is 7.75. The Morgan fingerprint density at radius 2 is 2.03 bits per heavy atom. The molecule has 1 atom stereocenters. The van der Waals surface area contributed by atoms with E-state index in [-0.39, 0.29) is 17.9 Å². The van der Waals surface area contributed by atoms with Crippen molar-refractivity contribution >= 4 is 66.6 Å². The summed E-state index contributed by atoms with van der Waals surface area (Å²) in [5.41, 5.74) is 1.47. The third-order valence-corrected chi connectivity index (χ3v) is 7.13. The zero-order valence-corrected chi connectivity index (χ0v) is 20.1. The fraction of sp³-hybridized carbons (Fsp3) is 0.286. The van der Waals surface area contributed by atoms with E-state index in [1.54, 1.807) is 23.1 Å². The minimum Gasteiger partial charge on any atom is -0.341 e. The average Bonchev–Trinajstić information content (AvgIpc) is 3.61. The van der Waals surface area contributed by atoms with Crippen LogP contribution in [0.1, 0.15) is 35.5 Å². The second kappa shape index (κ2) is 8.94. The van der Waals surface area contributed by atoms with Gasteiger partial charge in [-0.3, -0.25) is 19.4 Å². The summed E-state index contributed by atoms with van der Waals surface area (Å²) in [4.78, 5) is 32.0. The minimum atomic E-state index is -0.375. The predicted molar refractivity (Wildman–Crippen MR) is 130 cm³/mol. The standard InChI is InChI=1S/C21H21BrN8O2S/c1-12(20(32)29-7-2-3-8-29)30-9-6-17(28-30)25-21-23-11-16(33-21)19(31)26-18-13-10-24-27-15(13)5-4-14(18)22/h4-6,9-12H,2-3,7-8H2,1H3,(H,24,27)(H,26,31)(H,23,25,28).